The predicted molar refractivity (Wildman–Crippen MR) is 114 cm³/mol. The van der Waals surface area contributed by atoms with Gasteiger partial charge in [-0.15, -0.1) is 21.5 Å². The maximum atomic E-state index is 13.0. The third-order valence-corrected chi connectivity index (χ3v) is 6.90. The number of nitrogens with zero attached hydrogens (tertiary/aromatic N) is 3. The quantitative estimate of drug-likeness (QED) is 0.498. The molecular weight excluding hydrogens is 433 g/mol. The number of nitrogens with one attached hydrogen (secondary N) is 2. The van der Waals surface area contributed by atoms with Crippen molar-refractivity contribution in [1.29, 1.82) is 0 Å². The monoisotopic (exact) mass is 451 g/mol. The van der Waals surface area contributed by atoms with E-state index in [1.165, 1.54) is 46.6 Å². The van der Waals surface area contributed by atoms with E-state index in [9.17, 15) is 9.18 Å². The molecule has 1 aromatic carbocycles. The Kier molecular flexibility index (Phi) is 6.70. The van der Waals surface area contributed by atoms with E-state index in [2.05, 4.69) is 25.8 Å². The number of benzene rings is 1. The van der Waals surface area contributed by atoms with Crippen molar-refractivity contribution in [1.82, 2.24) is 15.2 Å². The normalized spacial score (nSPS) is 16.1. The molecule has 3 heterocycles. The SMILES string of the molecule is O=C(CSc1nnc(NC[C@@H]2CCCO2)s1)Nc1nc(-c2ccc(F)cc2)cs1. The standard InChI is InChI=1S/C18H18FN5O2S3/c19-12-5-3-11(4-6-12)14-9-27-17(21-14)22-15(25)10-28-18-24-23-16(29-18)20-8-13-2-1-7-26-13/h3-6,9,13H,1-2,7-8,10H2,(H,20,23)(H,21,22,25)/t13-/m0/s1. The van der Waals surface area contributed by atoms with Crippen LogP contribution in [0.4, 0.5) is 14.7 Å². The van der Waals surface area contributed by atoms with Crippen LogP contribution in [0.3, 0.4) is 0 Å². The van der Waals surface area contributed by atoms with Crippen LogP contribution in [0.1, 0.15) is 12.8 Å². The summed E-state index contributed by atoms with van der Waals surface area (Å²) in [6.45, 7) is 1.55. The number of carbonyl (C=O) groups excluding carboxylic acids is 1. The molecular formula is C18H18FN5O2S3. The van der Waals surface area contributed by atoms with Crippen LogP contribution in [0, 0.1) is 5.82 Å². The molecule has 4 rings (SSSR count). The molecule has 0 unspecified atom stereocenters. The van der Waals surface area contributed by atoms with Crippen molar-refractivity contribution in [2.24, 2.45) is 0 Å². The Labute approximate surface area is 179 Å². The van der Waals surface area contributed by atoms with Gasteiger partial charge in [0.25, 0.3) is 0 Å². The number of thiazole rings is 1. The van der Waals surface area contributed by atoms with Crippen molar-refractivity contribution in [2.75, 3.05) is 29.5 Å². The van der Waals surface area contributed by atoms with Gasteiger partial charge in [-0.3, -0.25) is 4.79 Å². The van der Waals surface area contributed by atoms with Crippen molar-refractivity contribution in [3.8, 4) is 11.3 Å². The lowest BCUT2D eigenvalue weighted by atomic mass is 10.2. The van der Waals surface area contributed by atoms with Gasteiger partial charge in [-0.2, -0.15) is 0 Å². The largest absolute Gasteiger partial charge is 0.376 e. The van der Waals surface area contributed by atoms with Gasteiger partial charge in [0.1, 0.15) is 5.82 Å². The molecule has 0 spiro atoms. The van der Waals surface area contributed by atoms with Gasteiger partial charge in [0.15, 0.2) is 9.47 Å². The van der Waals surface area contributed by atoms with E-state index < -0.39 is 0 Å². The number of anilines is 2. The van der Waals surface area contributed by atoms with E-state index in [0.717, 1.165) is 41.0 Å². The van der Waals surface area contributed by atoms with E-state index in [4.69, 9.17) is 4.74 Å². The average Bonchev–Trinajstić information content (AvgIpc) is 3.47. The maximum Gasteiger partial charge on any atom is 0.236 e. The average molecular weight is 452 g/mol. The number of ether oxygens (including phenoxy) is 1. The first-order chi connectivity index (χ1) is 14.2. The second kappa shape index (κ2) is 9.61. The zero-order valence-corrected chi connectivity index (χ0v) is 17.7. The predicted octanol–water partition coefficient (Wildman–Crippen LogP) is 4.12. The third-order valence-electron chi connectivity index (χ3n) is 4.13. The summed E-state index contributed by atoms with van der Waals surface area (Å²) in [7, 11) is 0. The Morgan fingerprint density at radius 3 is 2.93 bits per heavy atom. The molecule has 1 aliphatic heterocycles. The third kappa shape index (κ3) is 5.72. The summed E-state index contributed by atoms with van der Waals surface area (Å²) in [6, 6.07) is 6.09. The molecule has 0 radical (unpaired) electrons. The summed E-state index contributed by atoms with van der Waals surface area (Å²) in [5, 5.41) is 17.3. The highest BCUT2D eigenvalue weighted by atomic mass is 32.2. The molecule has 1 aliphatic rings. The van der Waals surface area contributed by atoms with E-state index in [-0.39, 0.29) is 23.6 Å². The molecule has 2 N–H and O–H groups in total. The minimum atomic E-state index is -0.295. The van der Waals surface area contributed by atoms with Crippen LogP contribution in [0.15, 0.2) is 34.0 Å². The highest BCUT2D eigenvalue weighted by molar-refractivity contribution is 8.01. The van der Waals surface area contributed by atoms with Gasteiger partial charge in [0.2, 0.25) is 11.0 Å². The summed E-state index contributed by atoms with van der Waals surface area (Å²) in [4.78, 5) is 16.6. The Hall–Kier alpha value is -2.08. The van der Waals surface area contributed by atoms with Crippen molar-refractivity contribution in [2.45, 2.75) is 23.3 Å². The number of aromatic nitrogens is 3. The molecule has 0 bridgehead atoms. The number of rotatable bonds is 8. The zero-order chi connectivity index (χ0) is 20.1. The molecule has 3 aromatic rings. The van der Waals surface area contributed by atoms with Crippen LogP contribution in [0.2, 0.25) is 0 Å². The maximum absolute atomic E-state index is 13.0. The smallest absolute Gasteiger partial charge is 0.236 e. The summed E-state index contributed by atoms with van der Waals surface area (Å²) in [5.41, 5.74) is 1.50. The molecule has 0 aliphatic carbocycles. The molecule has 29 heavy (non-hydrogen) atoms. The van der Waals surface area contributed by atoms with E-state index >= 15 is 0 Å². The van der Waals surface area contributed by atoms with Crippen LogP contribution in [-0.2, 0) is 9.53 Å². The fourth-order valence-corrected chi connectivity index (χ4v) is 5.01. The number of amides is 1. The second-order valence-electron chi connectivity index (χ2n) is 6.27. The molecule has 1 amide bonds. The fourth-order valence-electron chi connectivity index (χ4n) is 2.71. The Morgan fingerprint density at radius 1 is 1.28 bits per heavy atom. The summed E-state index contributed by atoms with van der Waals surface area (Å²) >= 11 is 4.07. The van der Waals surface area contributed by atoms with Crippen LogP contribution < -0.4 is 10.6 Å². The minimum Gasteiger partial charge on any atom is -0.376 e. The summed E-state index contributed by atoms with van der Waals surface area (Å²) in [6.07, 6.45) is 2.40. The molecule has 1 saturated heterocycles. The molecule has 152 valence electrons. The Bertz CT molecular complexity index is 957. The highest BCUT2D eigenvalue weighted by Crippen LogP contribution is 2.27. The number of hydrogen-bond acceptors (Lipinski definition) is 9. The van der Waals surface area contributed by atoms with Gasteiger partial charge in [0, 0.05) is 24.1 Å². The highest BCUT2D eigenvalue weighted by Gasteiger charge is 2.16. The van der Waals surface area contributed by atoms with Crippen LogP contribution in [0.5, 0.6) is 0 Å². The second-order valence-corrected chi connectivity index (χ2v) is 9.33. The van der Waals surface area contributed by atoms with Crippen LogP contribution in [-0.4, -0.2) is 46.1 Å². The minimum absolute atomic E-state index is 0.168. The first kappa shape index (κ1) is 20.2. The Morgan fingerprint density at radius 2 is 2.14 bits per heavy atom. The molecule has 1 fully saturated rings. The van der Waals surface area contributed by atoms with Gasteiger partial charge in [0.05, 0.1) is 17.6 Å². The van der Waals surface area contributed by atoms with Gasteiger partial charge in [-0.05, 0) is 37.1 Å². The van der Waals surface area contributed by atoms with Gasteiger partial charge in [-0.1, -0.05) is 23.1 Å². The first-order valence-electron chi connectivity index (χ1n) is 8.99. The molecule has 2 aromatic heterocycles. The van der Waals surface area contributed by atoms with Crippen LogP contribution >= 0.6 is 34.4 Å². The molecule has 11 heteroatoms. The topological polar surface area (TPSA) is 89.0 Å². The number of thioether (sulfide) groups is 1. The van der Waals surface area contributed by atoms with Crippen molar-refractivity contribution in [3.05, 3.63) is 35.5 Å². The van der Waals surface area contributed by atoms with Crippen molar-refractivity contribution >= 4 is 50.6 Å². The number of hydrogen-bond donors (Lipinski definition) is 2. The van der Waals surface area contributed by atoms with Gasteiger partial charge in [-0.25, -0.2) is 9.37 Å². The molecule has 1 atom stereocenters. The van der Waals surface area contributed by atoms with E-state index in [1.54, 1.807) is 12.1 Å². The molecule has 0 saturated carbocycles. The van der Waals surface area contributed by atoms with Gasteiger partial charge >= 0.3 is 0 Å². The molecule has 7 nitrogen and oxygen atoms in total. The number of halogens is 1. The van der Waals surface area contributed by atoms with Crippen LogP contribution in [0.25, 0.3) is 11.3 Å². The number of carbonyl (C=O) groups is 1. The summed E-state index contributed by atoms with van der Waals surface area (Å²) < 4.78 is 19.3. The summed E-state index contributed by atoms with van der Waals surface area (Å²) in [5.74, 6) is -0.248. The fraction of sp³-hybridized carbons (Fsp3) is 0.333. The lowest BCUT2D eigenvalue weighted by Crippen LogP contribution is -2.18. The van der Waals surface area contributed by atoms with E-state index in [0.29, 0.717) is 10.8 Å². The Balaban J connectivity index is 1.23. The van der Waals surface area contributed by atoms with E-state index in [1.807, 2.05) is 5.38 Å². The van der Waals surface area contributed by atoms with Gasteiger partial charge < -0.3 is 15.4 Å². The lowest BCUT2D eigenvalue weighted by Gasteiger charge is -2.08. The lowest BCUT2D eigenvalue weighted by molar-refractivity contribution is -0.113. The zero-order valence-electron chi connectivity index (χ0n) is 15.3. The first-order valence-corrected chi connectivity index (χ1v) is 11.7. The van der Waals surface area contributed by atoms with Crippen molar-refractivity contribution < 1.29 is 13.9 Å². The van der Waals surface area contributed by atoms with Crippen molar-refractivity contribution in [3.63, 3.8) is 0 Å².